The third-order valence-corrected chi connectivity index (χ3v) is 3.51. The van der Waals surface area contributed by atoms with Gasteiger partial charge in [-0.25, -0.2) is 4.98 Å². The van der Waals surface area contributed by atoms with Gasteiger partial charge in [-0.2, -0.15) is 11.8 Å². The Morgan fingerprint density at radius 3 is 2.87 bits per heavy atom. The van der Waals surface area contributed by atoms with Crippen LogP contribution in [0.5, 0.6) is 0 Å². The summed E-state index contributed by atoms with van der Waals surface area (Å²) in [5, 5.41) is 0. The molecule has 0 spiro atoms. The molecule has 1 aromatic carbocycles. The zero-order chi connectivity index (χ0) is 10.7. The Labute approximate surface area is 94.5 Å². The van der Waals surface area contributed by atoms with Gasteiger partial charge in [-0.15, -0.1) is 0 Å². The molecule has 0 bridgehead atoms. The number of rotatable bonds is 4. The van der Waals surface area contributed by atoms with Crippen LogP contribution in [-0.2, 0) is 5.75 Å². The first kappa shape index (κ1) is 10.6. The number of nitrogens with one attached hydrogen (secondary N) is 1. The van der Waals surface area contributed by atoms with Crippen molar-refractivity contribution in [3.63, 3.8) is 0 Å². The van der Waals surface area contributed by atoms with E-state index in [9.17, 15) is 0 Å². The number of aromatic amines is 1. The molecule has 0 unspecified atom stereocenters. The summed E-state index contributed by atoms with van der Waals surface area (Å²) in [4.78, 5) is 7.87. The van der Waals surface area contributed by atoms with E-state index >= 15 is 0 Å². The Kier molecular flexibility index (Phi) is 3.31. The van der Waals surface area contributed by atoms with Gasteiger partial charge >= 0.3 is 0 Å². The topological polar surface area (TPSA) is 28.7 Å². The van der Waals surface area contributed by atoms with E-state index in [-0.39, 0.29) is 0 Å². The summed E-state index contributed by atoms with van der Waals surface area (Å²) >= 11 is 1.94. The molecule has 0 saturated heterocycles. The van der Waals surface area contributed by atoms with Crippen molar-refractivity contribution in [1.82, 2.24) is 9.97 Å². The maximum Gasteiger partial charge on any atom is 0.117 e. The summed E-state index contributed by atoms with van der Waals surface area (Å²) in [5.41, 5.74) is 2.20. The molecule has 0 saturated carbocycles. The summed E-state index contributed by atoms with van der Waals surface area (Å²) < 4.78 is 0. The van der Waals surface area contributed by atoms with Crippen molar-refractivity contribution in [2.24, 2.45) is 5.92 Å². The Hall–Kier alpha value is -0.960. The van der Waals surface area contributed by atoms with Crippen LogP contribution in [0, 0.1) is 5.92 Å². The first-order chi connectivity index (χ1) is 7.25. The lowest BCUT2D eigenvalue weighted by molar-refractivity contribution is 0.750. The van der Waals surface area contributed by atoms with Crippen molar-refractivity contribution >= 4 is 22.8 Å². The first-order valence-corrected chi connectivity index (χ1v) is 6.42. The minimum absolute atomic E-state index is 0.749. The number of hydrogen-bond acceptors (Lipinski definition) is 2. The van der Waals surface area contributed by atoms with E-state index in [2.05, 4.69) is 29.9 Å². The van der Waals surface area contributed by atoms with Gasteiger partial charge in [0, 0.05) is 0 Å². The number of hydrogen-bond donors (Lipinski definition) is 1. The minimum atomic E-state index is 0.749. The molecule has 1 aromatic heterocycles. The van der Waals surface area contributed by atoms with E-state index < -0.39 is 0 Å². The summed E-state index contributed by atoms with van der Waals surface area (Å²) in [6.45, 7) is 4.48. The quantitative estimate of drug-likeness (QED) is 0.855. The van der Waals surface area contributed by atoms with Crippen molar-refractivity contribution < 1.29 is 0 Å². The van der Waals surface area contributed by atoms with Gasteiger partial charge in [0.1, 0.15) is 5.82 Å². The van der Waals surface area contributed by atoms with E-state index in [4.69, 9.17) is 0 Å². The summed E-state index contributed by atoms with van der Waals surface area (Å²) in [7, 11) is 0. The van der Waals surface area contributed by atoms with Gasteiger partial charge in [0.25, 0.3) is 0 Å². The van der Waals surface area contributed by atoms with E-state index in [1.54, 1.807) is 0 Å². The lowest BCUT2D eigenvalue weighted by Gasteiger charge is -2.01. The van der Waals surface area contributed by atoms with Crippen LogP contribution in [0.25, 0.3) is 11.0 Å². The van der Waals surface area contributed by atoms with Crippen LogP contribution in [0.1, 0.15) is 19.7 Å². The SMILES string of the molecule is CC(C)CSCc1nc2ccccc2[nH]1. The van der Waals surface area contributed by atoms with Gasteiger partial charge in [-0.05, 0) is 23.8 Å². The van der Waals surface area contributed by atoms with Gasteiger partial charge < -0.3 is 4.98 Å². The smallest absolute Gasteiger partial charge is 0.117 e. The van der Waals surface area contributed by atoms with Crippen molar-refractivity contribution in [1.29, 1.82) is 0 Å². The zero-order valence-electron chi connectivity index (χ0n) is 9.16. The van der Waals surface area contributed by atoms with Gasteiger partial charge in [0.05, 0.1) is 16.8 Å². The Morgan fingerprint density at radius 1 is 1.33 bits per heavy atom. The summed E-state index contributed by atoms with van der Waals surface area (Å²) in [5.74, 6) is 4.01. The maximum atomic E-state index is 4.53. The molecule has 2 rings (SSSR count). The van der Waals surface area contributed by atoms with E-state index in [1.807, 2.05) is 30.0 Å². The Balaban J connectivity index is 2.03. The van der Waals surface area contributed by atoms with Crippen LogP contribution in [0.2, 0.25) is 0 Å². The highest BCUT2D eigenvalue weighted by atomic mass is 32.2. The second-order valence-corrected chi connectivity index (χ2v) is 5.14. The Morgan fingerprint density at radius 2 is 2.13 bits per heavy atom. The number of nitrogens with zero attached hydrogens (tertiary/aromatic N) is 1. The molecule has 0 aliphatic carbocycles. The van der Waals surface area contributed by atoms with Crippen LogP contribution in [0.15, 0.2) is 24.3 Å². The molecule has 0 atom stereocenters. The van der Waals surface area contributed by atoms with Crippen LogP contribution in [-0.4, -0.2) is 15.7 Å². The number of thioether (sulfide) groups is 1. The number of para-hydroxylation sites is 2. The molecular weight excluding hydrogens is 204 g/mol. The lowest BCUT2D eigenvalue weighted by Crippen LogP contribution is -1.92. The molecule has 2 nitrogen and oxygen atoms in total. The van der Waals surface area contributed by atoms with Gasteiger partial charge in [-0.3, -0.25) is 0 Å². The van der Waals surface area contributed by atoms with Crippen molar-refractivity contribution in [3.8, 4) is 0 Å². The second kappa shape index (κ2) is 4.71. The van der Waals surface area contributed by atoms with Crippen LogP contribution < -0.4 is 0 Å². The molecule has 0 radical (unpaired) electrons. The van der Waals surface area contributed by atoms with Crippen LogP contribution >= 0.6 is 11.8 Å². The fourth-order valence-electron chi connectivity index (χ4n) is 1.47. The number of fused-ring (bicyclic) bond motifs is 1. The molecule has 1 heterocycles. The Bertz CT molecular complexity index is 401. The highest BCUT2D eigenvalue weighted by Gasteiger charge is 2.02. The fourth-order valence-corrected chi connectivity index (χ4v) is 2.38. The molecule has 0 amide bonds. The van der Waals surface area contributed by atoms with Crippen molar-refractivity contribution in [3.05, 3.63) is 30.1 Å². The molecule has 0 aliphatic heterocycles. The second-order valence-electron chi connectivity index (χ2n) is 4.11. The maximum absolute atomic E-state index is 4.53. The lowest BCUT2D eigenvalue weighted by atomic mass is 10.3. The highest BCUT2D eigenvalue weighted by Crippen LogP contribution is 2.16. The fraction of sp³-hybridized carbons (Fsp3) is 0.417. The molecule has 0 fully saturated rings. The largest absolute Gasteiger partial charge is 0.341 e. The zero-order valence-corrected chi connectivity index (χ0v) is 9.97. The highest BCUT2D eigenvalue weighted by molar-refractivity contribution is 7.98. The van der Waals surface area contributed by atoms with Crippen molar-refractivity contribution in [2.75, 3.05) is 5.75 Å². The molecule has 2 aromatic rings. The number of H-pyrrole nitrogens is 1. The average molecular weight is 220 g/mol. The van der Waals surface area contributed by atoms with E-state index in [1.165, 1.54) is 5.75 Å². The molecule has 3 heteroatoms. The molecule has 0 aliphatic rings. The van der Waals surface area contributed by atoms with Gasteiger partial charge in [0.2, 0.25) is 0 Å². The number of imidazole rings is 1. The summed E-state index contributed by atoms with van der Waals surface area (Å²) in [6, 6.07) is 8.17. The van der Waals surface area contributed by atoms with Crippen LogP contribution in [0.4, 0.5) is 0 Å². The minimum Gasteiger partial charge on any atom is -0.341 e. The molecule has 1 N–H and O–H groups in total. The normalized spacial score (nSPS) is 11.4. The average Bonchev–Trinajstić information content (AvgIpc) is 2.59. The number of aromatic nitrogens is 2. The van der Waals surface area contributed by atoms with Gasteiger partial charge in [-0.1, -0.05) is 26.0 Å². The molecular formula is C12H16N2S. The summed E-state index contributed by atoms with van der Waals surface area (Å²) in [6.07, 6.45) is 0. The van der Waals surface area contributed by atoms with E-state index in [0.29, 0.717) is 0 Å². The van der Waals surface area contributed by atoms with Gasteiger partial charge in [0.15, 0.2) is 0 Å². The van der Waals surface area contributed by atoms with E-state index in [0.717, 1.165) is 28.5 Å². The number of benzene rings is 1. The van der Waals surface area contributed by atoms with Crippen LogP contribution in [0.3, 0.4) is 0 Å². The molecule has 80 valence electrons. The predicted octanol–water partition coefficient (Wildman–Crippen LogP) is 3.45. The first-order valence-electron chi connectivity index (χ1n) is 5.27. The standard InChI is InChI=1S/C12H16N2S/c1-9(2)7-15-8-12-13-10-5-3-4-6-11(10)14-12/h3-6,9H,7-8H2,1-2H3,(H,13,14). The third-order valence-electron chi connectivity index (χ3n) is 2.13. The van der Waals surface area contributed by atoms with Crippen molar-refractivity contribution in [2.45, 2.75) is 19.6 Å². The molecule has 15 heavy (non-hydrogen) atoms. The third kappa shape index (κ3) is 2.75. The predicted molar refractivity (Wildman–Crippen MR) is 67.1 cm³/mol. The monoisotopic (exact) mass is 220 g/mol.